The van der Waals surface area contributed by atoms with Crippen LogP contribution in [0.15, 0.2) is 73.2 Å². The van der Waals surface area contributed by atoms with Crippen molar-refractivity contribution in [1.82, 2.24) is 25.3 Å². The highest BCUT2D eigenvalue weighted by molar-refractivity contribution is 5.65. The van der Waals surface area contributed by atoms with Crippen LogP contribution in [-0.4, -0.2) is 43.3 Å². The Labute approximate surface area is 212 Å². The summed E-state index contributed by atoms with van der Waals surface area (Å²) >= 11 is 0. The van der Waals surface area contributed by atoms with E-state index in [2.05, 4.69) is 34.3 Å². The Morgan fingerprint density at radius 1 is 1.03 bits per heavy atom. The van der Waals surface area contributed by atoms with Crippen LogP contribution in [0.25, 0.3) is 5.82 Å². The summed E-state index contributed by atoms with van der Waals surface area (Å²) in [5, 5.41) is 19.4. The van der Waals surface area contributed by atoms with Crippen molar-refractivity contribution in [3.8, 4) is 23.1 Å². The maximum absolute atomic E-state index is 13.9. The van der Waals surface area contributed by atoms with Gasteiger partial charge in [0.1, 0.15) is 23.4 Å². The Morgan fingerprint density at radius 2 is 1.62 bits per heavy atom. The van der Waals surface area contributed by atoms with Gasteiger partial charge in [0.25, 0.3) is 0 Å². The standard InChI is InChI=1S/C27H26FN5O4/c1-27(2,17-3-7-21(8-4-17)36-23-14-20(15-23)32-26(34)35)18-5-9-22(10-6-18)37-24-13-19(28)16-29-25(24)33-30-11-12-31-33/h3-13,16,20,23,32H,14-15H2,1-2H3,(H,34,35)/t20-,23-. The second-order valence-corrected chi connectivity index (χ2v) is 9.43. The van der Waals surface area contributed by atoms with Crippen molar-refractivity contribution >= 4 is 6.09 Å². The van der Waals surface area contributed by atoms with E-state index in [9.17, 15) is 9.18 Å². The Kier molecular flexibility index (Phi) is 6.47. The minimum Gasteiger partial charge on any atom is -0.490 e. The molecule has 0 bridgehead atoms. The zero-order valence-electron chi connectivity index (χ0n) is 20.3. The lowest BCUT2D eigenvalue weighted by Crippen LogP contribution is -2.48. The molecule has 0 radical (unpaired) electrons. The van der Waals surface area contributed by atoms with Gasteiger partial charge in [-0.25, -0.2) is 14.2 Å². The number of hydrogen-bond donors (Lipinski definition) is 2. The monoisotopic (exact) mass is 503 g/mol. The van der Waals surface area contributed by atoms with E-state index in [4.69, 9.17) is 14.6 Å². The molecular formula is C27H26FN5O4. The molecule has 2 aromatic carbocycles. The number of pyridine rings is 1. The summed E-state index contributed by atoms with van der Waals surface area (Å²) in [7, 11) is 0. The molecule has 2 heterocycles. The molecule has 9 nitrogen and oxygen atoms in total. The number of hydrogen-bond acceptors (Lipinski definition) is 6. The van der Waals surface area contributed by atoms with Crippen LogP contribution in [0.3, 0.4) is 0 Å². The predicted octanol–water partition coefficient (Wildman–Crippen LogP) is 5.10. The molecule has 37 heavy (non-hydrogen) atoms. The predicted molar refractivity (Wildman–Crippen MR) is 133 cm³/mol. The van der Waals surface area contributed by atoms with E-state index >= 15 is 0 Å². The van der Waals surface area contributed by atoms with Crippen molar-refractivity contribution in [2.45, 2.75) is 44.2 Å². The number of nitrogens with one attached hydrogen (secondary N) is 1. The molecule has 2 aromatic heterocycles. The van der Waals surface area contributed by atoms with Gasteiger partial charge in [0, 0.05) is 30.4 Å². The molecule has 1 saturated carbocycles. The molecule has 1 fully saturated rings. The van der Waals surface area contributed by atoms with E-state index in [1.165, 1.54) is 23.3 Å². The Bertz CT molecular complexity index is 1370. The van der Waals surface area contributed by atoms with E-state index in [1.807, 2.05) is 48.5 Å². The molecule has 0 spiro atoms. The van der Waals surface area contributed by atoms with Crippen molar-refractivity contribution in [3.05, 3.63) is 90.1 Å². The van der Waals surface area contributed by atoms with Crippen LogP contribution in [0.1, 0.15) is 37.8 Å². The second-order valence-electron chi connectivity index (χ2n) is 9.43. The van der Waals surface area contributed by atoms with E-state index < -0.39 is 11.9 Å². The minimum absolute atomic E-state index is 0.0149. The lowest BCUT2D eigenvalue weighted by atomic mass is 9.78. The number of carbonyl (C=O) groups is 1. The van der Waals surface area contributed by atoms with Crippen molar-refractivity contribution in [2.24, 2.45) is 0 Å². The van der Waals surface area contributed by atoms with E-state index in [0.29, 0.717) is 18.6 Å². The maximum atomic E-state index is 13.9. The minimum atomic E-state index is -1.00. The fourth-order valence-corrected chi connectivity index (χ4v) is 4.29. The fourth-order valence-electron chi connectivity index (χ4n) is 4.29. The van der Waals surface area contributed by atoms with Gasteiger partial charge in [-0.3, -0.25) is 0 Å². The highest BCUT2D eigenvalue weighted by Crippen LogP contribution is 2.35. The number of carboxylic acid groups (broad SMARTS) is 1. The molecular weight excluding hydrogens is 477 g/mol. The number of ether oxygens (including phenoxy) is 2. The van der Waals surface area contributed by atoms with Gasteiger partial charge in [-0.2, -0.15) is 10.2 Å². The topological polar surface area (TPSA) is 111 Å². The quantitative estimate of drug-likeness (QED) is 0.344. The molecule has 2 N–H and O–H groups in total. The van der Waals surface area contributed by atoms with Crippen molar-refractivity contribution in [3.63, 3.8) is 0 Å². The molecule has 190 valence electrons. The molecule has 0 saturated heterocycles. The average molecular weight is 504 g/mol. The third-order valence-electron chi connectivity index (χ3n) is 6.51. The van der Waals surface area contributed by atoms with Gasteiger partial charge >= 0.3 is 6.09 Å². The van der Waals surface area contributed by atoms with Crippen LogP contribution >= 0.6 is 0 Å². The summed E-state index contributed by atoms with van der Waals surface area (Å²) in [5.41, 5.74) is 1.88. The van der Waals surface area contributed by atoms with Gasteiger partial charge in [-0.05, 0) is 35.4 Å². The van der Waals surface area contributed by atoms with Crippen LogP contribution in [0.5, 0.6) is 17.2 Å². The first-order valence-corrected chi connectivity index (χ1v) is 11.9. The normalized spacial score (nSPS) is 17.1. The van der Waals surface area contributed by atoms with Crippen LogP contribution in [-0.2, 0) is 5.41 Å². The first kappa shape index (κ1) is 24.2. The third-order valence-corrected chi connectivity index (χ3v) is 6.51. The summed E-state index contributed by atoms with van der Waals surface area (Å²) < 4.78 is 25.7. The summed E-state index contributed by atoms with van der Waals surface area (Å²) in [6.07, 6.45) is 4.45. The van der Waals surface area contributed by atoms with Crippen LogP contribution in [0, 0.1) is 5.82 Å². The van der Waals surface area contributed by atoms with Crippen molar-refractivity contribution < 1.29 is 23.8 Å². The van der Waals surface area contributed by atoms with Crippen LogP contribution in [0.4, 0.5) is 9.18 Å². The smallest absolute Gasteiger partial charge is 0.404 e. The first-order valence-electron chi connectivity index (χ1n) is 11.9. The number of nitrogens with zero attached hydrogens (tertiary/aromatic N) is 4. The van der Waals surface area contributed by atoms with Crippen molar-refractivity contribution in [1.29, 1.82) is 0 Å². The van der Waals surface area contributed by atoms with Gasteiger partial charge in [0.05, 0.1) is 18.6 Å². The maximum Gasteiger partial charge on any atom is 0.404 e. The zero-order chi connectivity index (χ0) is 26.0. The Balaban J connectivity index is 1.25. The van der Waals surface area contributed by atoms with E-state index in [-0.39, 0.29) is 29.1 Å². The Hall–Kier alpha value is -4.47. The fraction of sp³-hybridized carbons (Fsp3) is 0.259. The van der Waals surface area contributed by atoms with Gasteiger partial charge in [0.2, 0.25) is 5.82 Å². The van der Waals surface area contributed by atoms with Crippen LogP contribution in [0.2, 0.25) is 0 Å². The van der Waals surface area contributed by atoms with Gasteiger partial charge in [-0.15, -0.1) is 4.80 Å². The molecule has 10 heteroatoms. The summed E-state index contributed by atoms with van der Waals surface area (Å²) in [5.74, 6) is 1.25. The Morgan fingerprint density at radius 3 is 2.22 bits per heavy atom. The second kappa shape index (κ2) is 9.88. The number of amides is 1. The molecule has 5 rings (SSSR count). The molecule has 4 aromatic rings. The largest absolute Gasteiger partial charge is 0.490 e. The number of benzene rings is 2. The zero-order valence-corrected chi connectivity index (χ0v) is 20.3. The molecule has 1 aliphatic carbocycles. The highest BCUT2D eigenvalue weighted by Gasteiger charge is 2.32. The lowest BCUT2D eigenvalue weighted by Gasteiger charge is -2.35. The molecule has 0 unspecified atom stereocenters. The third kappa shape index (κ3) is 5.37. The highest BCUT2D eigenvalue weighted by atomic mass is 19.1. The number of rotatable bonds is 8. The first-order chi connectivity index (χ1) is 17.8. The molecule has 0 atom stereocenters. The molecule has 1 aliphatic rings. The van der Waals surface area contributed by atoms with Gasteiger partial charge < -0.3 is 19.9 Å². The molecule has 1 amide bonds. The van der Waals surface area contributed by atoms with E-state index in [1.54, 1.807) is 0 Å². The van der Waals surface area contributed by atoms with E-state index in [0.717, 1.165) is 23.1 Å². The molecule has 0 aliphatic heterocycles. The average Bonchev–Trinajstić information content (AvgIpc) is 3.38. The number of aromatic nitrogens is 4. The summed E-state index contributed by atoms with van der Waals surface area (Å²) in [6.45, 7) is 4.26. The van der Waals surface area contributed by atoms with Crippen molar-refractivity contribution in [2.75, 3.05) is 0 Å². The SMILES string of the molecule is CC(C)(c1ccc(Oc2cc(F)cnc2-n2nccn2)cc1)c1ccc(O[C@H]2C[C@H](NC(=O)O)C2)cc1. The summed E-state index contributed by atoms with van der Waals surface area (Å²) in [6, 6.07) is 16.8. The summed E-state index contributed by atoms with van der Waals surface area (Å²) in [4.78, 5) is 16.0. The van der Waals surface area contributed by atoms with Gasteiger partial charge in [-0.1, -0.05) is 38.1 Å². The van der Waals surface area contributed by atoms with Gasteiger partial charge in [0.15, 0.2) is 5.75 Å². The number of halogens is 1. The lowest BCUT2D eigenvalue weighted by molar-refractivity contribution is 0.0833. The van der Waals surface area contributed by atoms with Crippen LogP contribution < -0.4 is 14.8 Å².